The van der Waals surface area contributed by atoms with E-state index < -0.39 is 0 Å². The molecule has 0 fully saturated rings. The number of fused-ring (bicyclic) bond motifs is 1. The fraction of sp³-hybridized carbons (Fsp3) is 0.400. The smallest absolute Gasteiger partial charge is 0.133 e. The second-order valence-corrected chi connectivity index (χ2v) is 7.20. The molecule has 154 valence electrons. The molecule has 4 heteroatoms. The van der Waals surface area contributed by atoms with Crippen molar-refractivity contribution >= 4 is 10.9 Å². The Morgan fingerprint density at radius 2 is 1.48 bits per heavy atom. The van der Waals surface area contributed by atoms with Gasteiger partial charge in [0.1, 0.15) is 23.9 Å². The number of unbranched alkanes of at least 4 members (excludes halogenated alkanes) is 2. The third kappa shape index (κ3) is 5.63. The highest BCUT2D eigenvalue weighted by molar-refractivity contribution is 5.86. The lowest BCUT2D eigenvalue weighted by molar-refractivity contribution is 0.285. The summed E-state index contributed by atoms with van der Waals surface area (Å²) in [5.74, 6) is 2.53. The number of benzene rings is 2. The summed E-state index contributed by atoms with van der Waals surface area (Å²) in [4.78, 5) is 4.83. The second-order valence-electron chi connectivity index (χ2n) is 7.20. The molecule has 0 radical (unpaired) electrons. The predicted molar refractivity (Wildman–Crippen MR) is 118 cm³/mol. The lowest BCUT2D eigenvalue weighted by atomic mass is 10.1. The quantitative estimate of drug-likeness (QED) is 0.350. The molecule has 0 amide bonds. The van der Waals surface area contributed by atoms with Gasteiger partial charge >= 0.3 is 0 Å². The largest absolute Gasteiger partial charge is 0.493 e. The molecule has 29 heavy (non-hydrogen) atoms. The van der Waals surface area contributed by atoms with Crippen LogP contribution in [0.1, 0.15) is 50.8 Å². The van der Waals surface area contributed by atoms with Crippen LogP contribution in [-0.2, 0) is 6.61 Å². The first kappa shape index (κ1) is 21.0. The first-order valence-corrected chi connectivity index (χ1v) is 10.6. The van der Waals surface area contributed by atoms with Gasteiger partial charge in [0.2, 0.25) is 0 Å². The summed E-state index contributed by atoms with van der Waals surface area (Å²) in [7, 11) is 0. The van der Waals surface area contributed by atoms with E-state index in [-0.39, 0.29) is 0 Å². The fourth-order valence-corrected chi connectivity index (χ4v) is 3.11. The van der Waals surface area contributed by atoms with Gasteiger partial charge in [-0.15, -0.1) is 0 Å². The molecule has 0 N–H and O–H groups in total. The van der Waals surface area contributed by atoms with E-state index in [1.54, 1.807) is 0 Å². The molecule has 1 aromatic heterocycles. The number of nitrogens with zero attached hydrogens (tertiary/aromatic N) is 1. The Bertz CT molecular complexity index is 923. The molecule has 2 aromatic carbocycles. The zero-order chi connectivity index (χ0) is 20.5. The molecule has 0 aliphatic rings. The van der Waals surface area contributed by atoms with Crippen molar-refractivity contribution in [3.05, 3.63) is 59.8 Å². The van der Waals surface area contributed by atoms with Crippen LogP contribution in [-0.4, -0.2) is 18.2 Å². The Kier molecular flexibility index (Phi) is 7.74. The second kappa shape index (κ2) is 10.7. The van der Waals surface area contributed by atoms with E-state index in [1.165, 1.54) is 0 Å². The molecule has 0 unspecified atom stereocenters. The molecule has 0 saturated carbocycles. The van der Waals surface area contributed by atoms with Crippen molar-refractivity contribution < 1.29 is 14.2 Å². The van der Waals surface area contributed by atoms with E-state index in [0.717, 1.165) is 71.7 Å². The summed E-state index contributed by atoms with van der Waals surface area (Å²) in [5.41, 5.74) is 2.86. The minimum Gasteiger partial charge on any atom is -0.493 e. The van der Waals surface area contributed by atoms with Crippen molar-refractivity contribution in [1.29, 1.82) is 0 Å². The van der Waals surface area contributed by atoms with Crippen molar-refractivity contribution in [2.24, 2.45) is 0 Å². The van der Waals surface area contributed by atoms with Crippen molar-refractivity contribution in [3.8, 4) is 17.2 Å². The van der Waals surface area contributed by atoms with Gasteiger partial charge in [-0.2, -0.15) is 0 Å². The number of pyridine rings is 1. The molecule has 3 aromatic rings. The van der Waals surface area contributed by atoms with Gasteiger partial charge < -0.3 is 14.2 Å². The number of hydrogen-bond donors (Lipinski definition) is 0. The lowest BCUT2D eigenvalue weighted by Crippen LogP contribution is -2.06. The van der Waals surface area contributed by atoms with Crippen molar-refractivity contribution in [2.75, 3.05) is 13.2 Å². The molecular formula is C25H31NO3. The summed E-state index contributed by atoms with van der Waals surface area (Å²) >= 11 is 0. The van der Waals surface area contributed by atoms with Crippen LogP contribution in [0.3, 0.4) is 0 Å². The SMILES string of the molecule is CCCCOc1cccc(OCc2nc3ccccc3c(OCCCC)c2C)c1. The number of para-hydroxylation sites is 1. The number of ether oxygens (including phenoxy) is 3. The van der Waals surface area contributed by atoms with Crippen LogP contribution < -0.4 is 14.2 Å². The van der Waals surface area contributed by atoms with Gasteiger partial charge in [0.05, 0.1) is 24.4 Å². The first-order valence-electron chi connectivity index (χ1n) is 10.6. The third-order valence-electron chi connectivity index (χ3n) is 4.87. The van der Waals surface area contributed by atoms with Gasteiger partial charge in [-0.3, -0.25) is 0 Å². The van der Waals surface area contributed by atoms with Gasteiger partial charge in [0.15, 0.2) is 0 Å². The normalized spacial score (nSPS) is 10.9. The summed E-state index contributed by atoms with van der Waals surface area (Å²) in [5, 5.41) is 1.05. The average molecular weight is 394 g/mol. The van der Waals surface area contributed by atoms with Crippen molar-refractivity contribution in [1.82, 2.24) is 4.98 Å². The Balaban J connectivity index is 1.77. The van der Waals surface area contributed by atoms with E-state index in [9.17, 15) is 0 Å². The number of aromatic nitrogens is 1. The maximum Gasteiger partial charge on any atom is 0.133 e. The zero-order valence-corrected chi connectivity index (χ0v) is 17.7. The monoisotopic (exact) mass is 393 g/mol. The third-order valence-corrected chi connectivity index (χ3v) is 4.87. The first-order chi connectivity index (χ1) is 14.2. The molecule has 0 bridgehead atoms. The van der Waals surface area contributed by atoms with E-state index in [0.29, 0.717) is 13.2 Å². The van der Waals surface area contributed by atoms with Crippen molar-refractivity contribution in [2.45, 2.75) is 53.1 Å². The van der Waals surface area contributed by atoms with Crippen LogP contribution in [0.5, 0.6) is 17.2 Å². The Hall–Kier alpha value is -2.75. The predicted octanol–water partition coefficient (Wildman–Crippen LogP) is 6.48. The molecule has 4 nitrogen and oxygen atoms in total. The fourth-order valence-electron chi connectivity index (χ4n) is 3.11. The lowest BCUT2D eigenvalue weighted by Gasteiger charge is -2.16. The molecule has 0 atom stereocenters. The van der Waals surface area contributed by atoms with Crippen LogP contribution in [0.25, 0.3) is 10.9 Å². The van der Waals surface area contributed by atoms with Gasteiger partial charge in [-0.25, -0.2) is 4.98 Å². The molecule has 3 rings (SSSR count). The van der Waals surface area contributed by atoms with Crippen LogP contribution in [0, 0.1) is 6.92 Å². The van der Waals surface area contributed by atoms with Crippen LogP contribution >= 0.6 is 0 Å². The molecule has 1 heterocycles. The van der Waals surface area contributed by atoms with Gasteiger partial charge in [0, 0.05) is 17.0 Å². The van der Waals surface area contributed by atoms with Gasteiger partial charge in [0.25, 0.3) is 0 Å². The molecule has 0 saturated heterocycles. The number of rotatable bonds is 11. The molecule has 0 spiro atoms. The van der Waals surface area contributed by atoms with Crippen molar-refractivity contribution in [3.63, 3.8) is 0 Å². The Labute approximate surface area is 173 Å². The summed E-state index contributed by atoms with van der Waals surface area (Å²) in [6.07, 6.45) is 4.30. The minimum atomic E-state index is 0.388. The maximum atomic E-state index is 6.14. The van der Waals surface area contributed by atoms with E-state index >= 15 is 0 Å². The molecule has 0 aliphatic carbocycles. The maximum absolute atomic E-state index is 6.14. The average Bonchev–Trinajstić information content (AvgIpc) is 2.74. The summed E-state index contributed by atoms with van der Waals surface area (Å²) < 4.78 is 18.0. The number of hydrogen-bond acceptors (Lipinski definition) is 4. The highest BCUT2D eigenvalue weighted by Gasteiger charge is 2.13. The van der Waals surface area contributed by atoms with Crippen LogP contribution in [0.4, 0.5) is 0 Å². The topological polar surface area (TPSA) is 40.6 Å². The Morgan fingerprint density at radius 1 is 0.793 bits per heavy atom. The highest BCUT2D eigenvalue weighted by Crippen LogP contribution is 2.31. The van der Waals surface area contributed by atoms with E-state index in [1.807, 2.05) is 42.5 Å². The Morgan fingerprint density at radius 3 is 2.24 bits per heavy atom. The van der Waals surface area contributed by atoms with Gasteiger partial charge in [-0.1, -0.05) is 44.9 Å². The zero-order valence-electron chi connectivity index (χ0n) is 17.7. The summed E-state index contributed by atoms with van der Waals surface area (Å²) in [6, 6.07) is 15.9. The molecule has 0 aliphatic heterocycles. The van der Waals surface area contributed by atoms with Crippen LogP contribution in [0.15, 0.2) is 48.5 Å². The summed E-state index contributed by atoms with van der Waals surface area (Å²) in [6.45, 7) is 8.21. The van der Waals surface area contributed by atoms with Crippen LogP contribution in [0.2, 0.25) is 0 Å². The van der Waals surface area contributed by atoms with E-state index in [2.05, 4.69) is 26.8 Å². The van der Waals surface area contributed by atoms with Gasteiger partial charge in [-0.05, 0) is 44.0 Å². The minimum absolute atomic E-state index is 0.388. The molecular weight excluding hydrogens is 362 g/mol. The highest BCUT2D eigenvalue weighted by atomic mass is 16.5. The standard InChI is InChI=1S/C25H31NO3/c1-4-6-15-27-20-11-10-12-21(17-20)29-18-24-19(3)25(28-16-7-5-2)22-13-8-9-14-23(22)26-24/h8-14,17H,4-7,15-16,18H2,1-3H3. The van der Waals surface area contributed by atoms with E-state index in [4.69, 9.17) is 19.2 Å².